The number of benzene rings is 1. The van der Waals surface area contributed by atoms with E-state index in [1.165, 1.54) is 13.2 Å². The minimum atomic E-state index is -4.51. The lowest BCUT2D eigenvalue weighted by Crippen LogP contribution is -2.46. The number of hydrogen-bond donors (Lipinski definition) is 1. The van der Waals surface area contributed by atoms with Crippen LogP contribution in [-0.2, 0) is 30.3 Å². The fraction of sp³-hybridized carbons (Fsp3) is 0.571. The van der Waals surface area contributed by atoms with Gasteiger partial charge >= 0.3 is 6.18 Å². The highest BCUT2D eigenvalue weighted by molar-refractivity contribution is 5.28. The van der Waals surface area contributed by atoms with Gasteiger partial charge in [-0.2, -0.15) is 13.2 Å². The van der Waals surface area contributed by atoms with Crippen LogP contribution in [0.1, 0.15) is 51.0 Å². The Morgan fingerprint density at radius 2 is 1.92 bits per heavy atom. The molecule has 1 heterocycles. The van der Waals surface area contributed by atoms with Gasteiger partial charge in [-0.3, -0.25) is 0 Å². The van der Waals surface area contributed by atoms with E-state index in [1.54, 1.807) is 30.3 Å². The number of alkyl halides is 3. The summed E-state index contributed by atoms with van der Waals surface area (Å²) in [5, 5.41) is 0. The van der Waals surface area contributed by atoms with Crippen LogP contribution < -0.4 is 5.73 Å². The SMILES string of the molecule is C=C(/C=C\C(OCc1ccccc1)=C(/C)C(F)(F)F)CCC(N)(CCOC1CCCCO1)COCOC. The zero-order valence-corrected chi connectivity index (χ0v) is 21.9. The largest absolute Gasteiger partial charge is 0.489 e. The molecule has 2 atom stereocenters. The first-order chi connectivity index (χ1) is 17.6. The van der Waals surface area contributed by atoms with Crippen molar-refractivity contribution in [1.82, 2.24) is 0 Å². The van der Waals surface area contributed by atoms with E-state index in [1.807, 2.05) is 6.07 Å². The molecule has 37 heavy (non-hydrogen) atoms. The van der Waals surface area contributed by atoms with Crippen molar-refractivity contribution in [3.63, 3.8) is 0 Å². The van der Waals surface area contributed by atoms with Crippen LogP contribution in [-0.4, -0.2) is 51.7 Å². The number of nitrogens with two attached hydrogens (primary N) is 1. The van der Waals surface area contributed by atoms with Crippen LogP contribution in [0.25, 0.3) is 0 Å². The van der Waals surface area contributed by atoms with Crippen LogP contribution in [0.2, 0.25) is 0 Å². The molecule has 6 nitrogen and oxygen atoms in total. The Kier molecular flexibility index (Phi) is 13.4. The average Bonchev–Trinajstić information content (AvgIpc) is 2.88. The van der Waals surface area contributed by atoms with Gasteiger partial charge in [-0.15, -0.1) is 0 Å². The summed E-state index contributed by atoms with van der Waals surface area (Å²) in [4.78, 5) is 0. The second-order valence-electron chi connectivity index (χ2n) is 9.29. The van der Waals surface area contributed by atoms with Gasteiger partial charge in [-0.25, -0.2) is 0 Å². The van der Waals surface area contributed by atoms with Crippen LogP contribution >= 0.6 is 0 Å². The maximum absolute atomic E-state index is 13.4. The molecule has 208 valence electrons. The lowest BCUT2D eigenvalue weighted by Gasteiger charge is -2.31. The lowest BCUT2D eigenvalue weighted by atomic mass is 9.90. The number of hydrogen-bond acceptors (Lipinski definition) is 6. The number of ether oxygens (including phenoxy) is 5. The van der Waals surface area contributed by atoms with Crippen LogP contribution in [0, 0.1) is 0 Å². The van der Waals surface area contributed by atoms with Crippen molar-refractivity contribution < 1.29 is 36.9 Å². The Labute approximate surface area is 218 Å². The molecule has 9 heteroatoms. The molecule has 1 aromatic carbocycles. The van der Waals surface area contributed by atoms with Gasteiger partial charge in [-0.05, 0) is 57.1 Å². The summed E-state index contributed by atoms with van der Waals surface area (Å²) < 4.78 is 67.7. The summed E-state index contributed by atoms with van der Waals surface area (Å²) in [6.45, 7) is 6.48. The molecule has 1 aliphatic rings. The monoisotopic (exact) mass is 527 g/mol. The van der Waals surface area contributed by atoms with Gasteiger partial charge in [0.2, 0.25) is 0 Å². The molecule has 0 amide bonds. The van der Waals surface area contributed by atoms with Crippen LogP contribution in [0.15, 0.2) is 66.0 Å². The molecule has 1 aliphatic heterocycles. The van der Waals surface area contributed by atoms with E-state index >= 15 is 0 Å². The summed E-state index contributed by atoms with van der Waals surface area (Å²) in [5.74, 6) is -0.249. The Bertz CT molecular complexity index is 866. The maximum Gasteiger partial charge on any atom is 0.415 e. The quantitative estimate of drug-likeness (QED) is 0.120. The van der Waals surface area contributed by atoms with Crippen molar-refractivity contribution >= 4 is 0 Å². The number of methoxy groups -OCH3 is 1. The van der Waals surface area contributed by atoms with Crippen molar-refractivity contribution in [2.45, 2.75) is 70.1 Å². The Hall–Kier alpha value is -2.17. The zero-order valence-electron chi connectivity index (χ0n) is 21.9. The number of rotatable bonds is 16. The molecule has 1 saturated heterocycles. The molecule has 2 rings (SSSR count). The highest BCUT2D eigenvalue weighted by atomic mass is 19.4. The molecule has 0 aromatic heterocycles. The third-order valence-corrected chi connectivity index (χ3v) is 6.08. The summed E-state index contributed by atoms with van der Waals surface area (Å²) in [6.07, 6.45) is 2.58. The predicted octanol–water partition coefficient (Wildman–Crippen LogP) is 6.18. The summed E-state index contributed by atoms with van der Waals surface area (Å²) in [5.41, 5.74) is 6.48. The van der Waals surface area contributed by atoms with Crippen molar-refractivity contribution in [2.24, 2.45) is 5.73 Å². The van der Waals surface area contributed by atoms with E-state index < -0.39 is 17.3 Å². The number of halogens is 3. The molecule has 1 fully saturated rings. The van der Waals surface area contributed by atoms with Crippen LogP contribution in [0.3, 0.4) is 0 Å². The minimum absolute atomic E-state index is 0.0217. The van der Waals surface area contributed by atoms with E-state index in [0.717, 1.165) is 31.7 Å². The Balaban J connectivity index is 1.97. The zero-order chi connectivity index (χ0) is 27.2. The molecule has 0 saturated carbocycles. The predicted molar refractivity (Wildman–Crippen MR) is 136 cm³/mol. The second-order valence-corrected chi connectivity index (χ2v) is 9.29. The van der Waals surface area contributed by atoms with Crippen LogP contribution in [0.4, 0.5) is 13.2 Å². The fourth-order valence-electron chi connectivity index (χ4n) is 3.68. The summed E-state index contributed by atoms with van der Waals surface area (Å²) >= 11 is 0. The molecular weight excluding hydrogens is 487 g/mol. The summed E-state index contributed by atoms with van der Waals surface area (Å²) in [6, 6.07) is 9.02. The molecular formula is C28H40F3NO5. The number of allylic oxidation sites excluding steroid dienone is 4. The van der Waals surface area contributed by atoms with Gasteiger partial charge in [0.15, 0.2) is 6.29 Å². The van der Waals surface area contributed by atoms with Gasteiger partial charge in [0.05, 0.1) is 18.8 Å². The highest BCUT2D eigenvalue weighted by Crippen LogP contribution is 2.30. The van der Waals surface area contributed by atoms with Crippen LogP contribution in [0.5, 0.6) is 0 Å². The van der Waals surface area contributed by atoms with Gasteiger partial charge in [0.1, 0.15) is 19.2 Å². The first-order valence-electron chi connectivity index (χ1n) is 12.5. The van der Waals surface area contributed by atoms with Gasteiger partial charge in [-0.1, -0.05) is 48.6 Å². The highest BCUT2D eigenvalue weighted by Gasteiger charge is 2.33. The van der Waals surface area contributed by atoms with Gasteiger partial charge in [0, 0.05) is 19.3 Å². The van der Waals surface area contributed by atoms with E-state index in [4.69, 9.17) is 29.4 Å². The fourth-order valence-corrected chi connectivity index (χ4v) is 3.68. The molecule has 0 spiro atoms. The topological polar surface area (TPSA) is 72.2 Å². The standard InChI is InChI=1S/C28H40F3NO5/c1-22(12-13-25(23(2)28(29,30)31)37-19-24-9-5-4-6-10-24)14-15-27(32,20-34-21-33-3)16-18-36-26-11-7-8-17-35-26/h4-6,9-10,12-13,26H,1,7-8,11,14-21,32H2,2-3H3/b13-12-,25-23-. The van der Waals surface area contributed by atoms with E-state index in [9.17, 15) is 13.2 Å². The third kappa shape index (κ3) is 12.3. The first kappa shape index (κ1) is 31.1. The van der Waals surface area contributed by atoms with Gasteiger partial charge in [0.25, 0.3) is 0 Å². The Morgan fingerprint density at radius 1 is 1.16 bits per heavy atom. The van der Waals surface area contributed by atoms with Crippen molar-refractivity contribution in [3.8, 4) is 0 Å². The second kappa shape index (κ2) is 15.9. The van der Waals surface area contributed by atoms with Crippen molar-refractivity contribution in [1.29, 1.82) is 0 Å². The average molecular weight is 528 g/mol. The van der Waals surface area contributed by atoms with Crippen molar-refractivity contribution in [2.75, 3.05) is 33.7 Å². The van der Waals surface area contributed by atoms with E-state index in [-0.39, 0.29) is 32.1 Å². The smallest absolute Gasteiger partial charge is 0.415 e. The van der Waals surface area contributed by atoms with Crippen molar-refractivity contribution in [3.05, 3.63) is 71.5 Å². The Morgan fingerprint density at radius 3 is 2.57 bits per heavy atom. The van der Waals surface area contributed by atoms with E-state index in [0.29, 0.717) is 38.0 Å². The van der Waals surface area contributed by atoms with E-state index in [2.05, 4.69) is 6.58 Å². The third-order valence-electron chi connectivity index (χ3n) is 6.08. The minimum Gasteiger partial charge on any atom is -0.489 e. The lowest BCUT2D eigenvalue weighted by molar-refractivity contribution is -0.166. The molecule has 2 N–H and O–H groups in total. The molecule has 0 aliphatic carbocycles. The molecule has 1 aromatic rings. The summed E-state index contributed by atoms with van der Waals surface area (Å²) in [7, 11) is 1.53. The normalized spacial score (nSPS) is 18.9. The molecule has 0 radical (unpaired) electrons. The molecule has 2 unspecified atom stereocenters. The first-order valence-corrected chi connectivity index (χ1v) is 12.5. The molecule has 0 bridgehead atoms. The van der Waals surface area contributed by atoms with Gasteiger partial charge < -0.3 is 29.4 Å². The maximum atomic E-state index is 13.4.